The topological polar surface area (TPSA) is 15.3 Å². The normalized spacial score (nSPS) is 30.8. The molecule has 2 fully saturated rings. The summed E-state index contributed by atoms with van der Waals surface area (Å²) < 4.78 is 0. The van der Waals surface area contributed by atoms with Crippen LogP contribution in [0.4, 0.5) is 0 Å². The Bertz CT molecular complexity index is 207. The molecule has 2 heteroatoms. The maximum atomic E-state index is 3.64. The molecule has 2 rings (SSSR count). The summed E-state index contributed by atoms with van der Waals surface area (Å²) >= 11 is 0. The minimum Gasteiger partial charge on any atom is -0.314 e. The van der Waals surface area contributed by atoms with Crippen molar-refractivity contribution in [3.63, 3.8) is 0 Å². The summed E-state index contributed by atoms with van der Waals surface area (Å²) in [4.78, 5) is 2.66. The van der Waals surface area contributed by atoms with Crippen molar-refractivity contribution < 1.29 is 0 Å². The SMILES string of the molecule is CC1(C)CCN(CCCC2CCCCN2)C1. The van der Waals surface area contributed by atoms with Crippen LogP contribution in [0.2, 0.25) is 0 Å². The van der Waals surface area contributed by atoms with Crippen LogP contribution in [0.1, 0.15) is 52.4 Å². The van der Waals surface area contributed by atoms with Crippen molar-refractivity contribution in [3.8, 4) is 0 Å². The van der Waals surface area contributed by atoms with Crippen LogP contribution in [0.15, 0.2) is 0 Å². The van der Waals surface area contributed by atoms with E-state index in [1.54, 1.807) is 0 Å². The van der Waals surface area contributed by atoms with Crippen molar-refractivity contribution >= 4 is 0 Å². The van der Waals surface area contributed by atoms with Crippen LogP contribution < -0.4 is 5.32 Å². The van der Waals surface area contributed by atoms with Gasteiger partial charge in [-0.15, -0.1) is 0 Å². The first kappa shape index (κ1) is 12.4. The predicted molar refractivity (Wildman–Crippen MR) is 69.7 cm³/mol. The molecule has 0 amide bonds. The Hall–Kier alpha value is -0.0800. The van der Waals surface area contributed by atoms with E-state index in [1.165, 1.54) is 64.7 Å². The van der Waals surface area contributed by atoms with Crippen molar-refractivity contribution in [3.05, 3.63) is 0 Å². The molecule has 2 saturated heterocycles. The van der Waals surface area contributed by atoms with Crippen molar-refractivity contribution in [1.29, 1.82) is 0 Å². The second-order valence-corrected chi connectivity index (χ2v) is 6.48. The minimum absolute atomic E-state index is 0.573. The Kier molecular flexibility index (Phi) is 4.26. The van der Waals surface area contributed by atoms with E-state index in [1.807, 2.05) is 0 Å². The number of hydrogen-bond acceptors (Lipinski definition) is 2. The summed E-state index contributed by atoms with van der Waals surface area (Å²) in [6, 6.07) is 0.823. The molecule has 0 saturated carbocycles. The van der Waals surface area contributed by atoms with Gasteiger partial charge >= 0.3 is 0 Å². The minimum atomic E-state index is 0.573. The van der Waals surface area contributed by atoms with Gasteiger partial charge in [0.15, 0.2) is 0 Å². The summed E-state index contributed by atoms with van der Waals surface area (Å²) in [5.74, 6) is 0. The molecule has 94 valence electrons. The lowest BCUT2D eigenvalue weighted by molar-refractivity contribution is 0.274. The number of rotatable bonds is 4. The Labute approximate surface area is 101 Å². The highest BCUT2D eigenvalue weighted by atomic mass is 15.1. The standard InChI is InChI=1S/C14H28N2/c1-14(2)8-11-16(12-14)10-5-7-13-6-3-4-9-15-13/h13,15H,3-12H2,1-2H3. The van der Waals surface area contributed by atoms with Gasteiger partial charge < -0.3 is 10.2 Å². The monoisotopic (exact) mass is 224 g/mol. The van der Waals surface area contributed by atoms with Crippen LogP contribution in [-0.2, 0) is 0 Å². The van der Waals surface area contributed by atoms with Gasteiger partial charge in [0.05, 0.1) is 0 Å². The molecule has 0 aromatic carbocycles. The summed E-state index contributed by atoms with van der Waals surface area (Å²) in [6.07, 6.45) is 8.38. The lowest BCUT2D eigenvalue weighted by atomic mass is 9.93. The highest BCUT2D eigenvalue weighted by Crippen LogP contribution is 2.28. The van der Waals surface area contributed by atoms with Crippen LogP contribution in [0.3, 0.4) is 0 Å². The molecule has 16 heavy (non-hydrogen) atoms. The van der Waals surface area contributed by atoms with Crippen LogP contribution in [0.25, 0.3) is 0 Å². The van der Waals surface area contributed by atoms with Gasteiger partial charge in [-0.3, -0.25) is 0 Å². The van der Waals surface area contributed by atoms with E-state index in [0.29, 0.717) is 5.41 Å². The molecule has 1 unspecified atom stereocenters. The summed E-state index contributed by atoms with van der Waals surface area (Å²) in [7, 11) is 0. The van der Waals surface area contributed by atoms with Gasteiger partial charge in [-0.1, -0.05) is 20.3 Å². The Morgan fingerprint density at radius 1 is 1.31 bits per heavy atom. The first-order chi connectivity index (χ1) is 7.66. The number of likely N-dealkylation sites (tertiary alicyclic amines) is 1. The molecule has 2 heterocycles. The van der Waals surface area contributed by atoms with E-state index in [-0.39, 0.29) is 0 Å². The van der Waals surface area contributed by atoms with E-state index in [2.05, 4.69) is 24.1 Å². The highest BCUT2D eigenvalue weighted by molar-refractivity contribution is 4.82. The lowest BCUT2D eigenvalue weighted by Crippen LogP contribution is -2.34. The van der Waals surface area contributed by atoms with Gasteiger partial charge in [-0.25, -0.2) is 0 Å². The fraction of sp³-hybridized carbons (Fsp3) is 1.00. The molecule has 0 aliphatic carbocycles. The molecular weight excluding hydrogens is 196 g/mol. The van der Waals surface area contributed by atoms with Gasteiger partial charge in [0, 0.05) is 12.6 Å². The maximum absolute atomic E-state index is 3.64. The largest absolute Gasteiger partial charge is 0.314 e. The highest BCUT2D eigenvalue weighted by Gasteiger charge is 2.28. The maximum Gasteiger partial charge on any atom is 0.00675 e. The third-order valence-corrected chi connectivity index (χ3v) is 4.20. The zero-order chi connectivity index (χ0) is 11.4. The van der Waals surface area contributed by atoms with E-state index < -0.39 is 0 Å². The van der Waals surface area contributed by atoms with Crippen LogP contribution >= 0.6 is 0 Å². The first-order valence-electron chi connectivity index (χ1n) is 7.11. The number of hydrogen-bond donors (Lipinski definition) is 1. The summed E-state index contributed by atoms with van der Waals surface area (Å²) in [6.45, 7) is 10.0. The van der Waals surface area contributed by atoms with E-state index in [0.717, 1.165) is 6.04 Å². The molecule has 0 aromatic heterocycles. The molecular formula is C14H28N2. The fourth-order valence-electron chi connectivity index (χ4n) is 3.15. The predicted octanol–water partition coefficient (Wildman–Crippen LogP) is 2.64. The van der Waals surface area contributed by atoms with Crippen molar-refractivity contribution in [2.75, 3.05) is 26.2 Å². The molecule has 1 atom stereocenters. The van der Waals surface area contributed by atoms with Gasteiger partial charge in [0.25, 0.3) is 0 Å². The summed E-state index contributed by atoms with van der Waals surface area (Å²) in [5.41, 5.74) is 0.573. The molecule has 0 spiro atoms. The number of nitrogens with zero attached hydrogens (tertiary/aromatic N) is 1. The van der Waals surface area contributed by atoms with Gasteiger partial charge in [0.1, 0.15) is 0 Å². The fourth-order valence-corrected chi connectivity index (χ4v) is 3.15. The third-order valence-electron chi connectivity index (χ3n) is 4.20. The average Bonchev–Trinajstić information content (AvgIpc) is 2.60. The van der Waals surface area contributed by atoms with E-state index >= 15 is 0 Å². The Morgan fingerprint density at radius 2 is 2.19 bits per heavy atom. The molecule has 0 aromatic rings. The van der Waals surface area contributed by atoms with Crippen molar-refractivity contribution in [1.82, 2.24) is 10.2 Å². The van der Waals surface area contributed by atoms with Gasteiger partial charge in [-0.2, -0.15) is 0 Å². The van der Waals surface area contributed by atoms with Gasteiger partial charge in [0.2, 0.25) is 0 Å². The van der Waals surface area contributed by atoms with Crippen molar-refractivity contribution in [2.45, 2.75) is 58.4 Å². The molecule has 2 aliphatic rings. The molecule has 0 bridgehead atoms. The zero-order valence-corrected chi connectivity index (χ0v) is 11.1. The lowest BCUT2D eigenvalue weighted by Gasteiger charge is -2.25. The Balaban J connectivity index is 1.58. The Morgan fingerprint density at radius 3 is 2.81 bits per heavy atom. The second kappa shape index (κ2) is 5.50. The number of nitrogens with one attached hydrogen (secondary N) is 1. The smallest absolute Gasteiger partial charge is 0.00675 e. The van der Waals surface area contributed by atoms with Crippen LogP contribution in [-0.4, -0.2) is 37.1 Å². The second-order valence-electron chi connectivity index (χ2n) is 6.48. The number of piperidine rings is 1. The van der Waals surface area contributed by atoms with Crippen LogP contribution in [0.5, 0.6) is 0 Å². The van der Waals surface area contributed by atoms with E-state index in [9.17, 15) is 0 Å². The van der Waals surface area contributed by atoms with E-state index in [4.69, 9.17) is 0 Å². The average molecular weight is 224 g/mol. The molecule has 1 N–H and O–H groups in total. The quantitative estimate of drug-likeness (QED) is 0.790. The molecule has 2 aliphatic heterocycles. The molecule has 2 nitrogen and oxygen atoms in total. The molecule has 0 radical (unpaired) electrons. The van der Waals surface area contributed by atoms with Crippen LogP contribution in [0, 0.1) is 5.41 Å². The van der Waals surface area contributed by atoms with Crippen molar-refractivity contribution in [2.24, 2.45) is 5.41 Å². The third kappa shape index (κ3) is 3.74. The first-order valence-corrected chi connectivity index (χ1v) is 7.11. The van der Waals surface area contributed by atoms with Gasteiger partial charge in [-0.05, 0) is 57.2 Å². The summed E-state index contributed by atoms with van der Waals surface area (Å²) in [5, 5.41) is 3.64. The zero-order valence-electron chi connectivity index (χ0n) is 11.1.